The number of nitriles is 2. The van der Waals surface area contributed by atoms with E-state index in [2.05, 4.69) is 23.7 Å². The summed E-state index contributed by atoms with van der Waals surface area (Å²) in [6.45, 7) is 0.112. The van der Waals surface area contributed by atoms with Crippen molar-refractivity contribution in [1.82, 2.24) is 0 Å². The van der Waals surface area contributed by atoms with E-state index in [1.54, 1.807) is 0 Å². The van der Waals surface area contributed by atoms with Crippen molar-refractivity contribution in [2.24, 2.45) is 0 Å². The first-order valence-corrected chi connectivity index (χ1v) is 8.67. The number of esters is 2. The van der Waals surface area contributed by atoms with Crippen LogP contribution in [0.3, 0.4) is 0 Å². The number of hydrogen-bond donors (Lipinski definition) is 0. The summed E-state index contributed by atoms with van der Waals surface area (Å²) in [5.74, 6) is 10.4. The quantitative estimate of drug-likeness (QED) is 0.320. The zero-order valence-corrected chi connectivity index (χ0v) is 15.0. The molecule has 0 atom stereocenters. The van der Waals surface area contributed by atoms with E-state index in [1.807, 2.05) is 12.1 Å². The van der Waals surface area contributed by atoms with Gasteiger partial charge in [-0.05, 0) is 25.7 Å². The first-order chi connectivity index (χ1) is 12.7. The van der Waals surface area contributed by atoms with Gasteiger partial charge in [-0.25, -0.2) is 0 Å². The third-order valence-electron chi connectivity index (χ3n) is 3.05. The summed E-state index contributed by atoms with van der Waals surface area (Å²) in [7, 11) is 0. The van der Waals surface area contributed by atoms with Crippen LogP contribution in [-0.4, -0.2) is 25.2 Å². The van der Waals surface area contributed by atoms with Gasteiger partial charge in [-0.1, -0.05) is 23.7 Å². The molecule has 0 amide bonds. The lowest BCUT2D eigenvalue weighted by Crippen LogP contribution is -2.07. The number of unbranched alkanes of at least 4 members (excludes halogenated alkanes) is 5. The van der Waals surface area contributed by atoms with Gasteiger partial charge < -0.3 is 9.47 Å². The molecule has 0 rings (SSSR count). The summed E-state index contributed by atoms with van der Waals surface area (Å²) in [4.78, 5) is 22.9. The second-order valence-electron chi connectivity index (χ2n) is 5.26. The van der Waals surface area contributed by atoms with Gasteiger partial charge in [0.1, 0.15) is 0 Å². The zero-order chi connectivity index (χ0) is 19.3. The standard InChI is InChI=1S/C20H24N2O4/c21-15-9-3-1-5-11-17-25-19(23)13-7-8-14-20(24)26-18-12-6-2-4-10-16-22/h1-4,7-10,13-14,17-18H2. The minimum Gasteiger partial charge on any atom is -0.452 e. The third kappa shape index (κ3) is 17.4. The molecule has 0 fully saturated rings. The molecule has 138 valence electrons. The van der Waals surface area contributed by atoms with Crippen LogP contribution >= 0.6 is 0 Å². The van der Waals surface area contributed by atoms with Gasteiger partial charge in [-0.2, -0.15) is 10.5 Å². The molecule has 0 aliphatic heterocycles. The Balaban J connectivity index is 3.55. The Morgan fingerprint density at radius 1 is 0.615 bits per heavy atom. The van der Waals surface area contributed by atoms with E-state index in [1.165, 1.54) is 0 Å². The molecule has 0 saturated carbocycles. The Labute approximate surface area is 155 Å². The van der Waals surface area contributed by atoms with Crippen LogP contribution in [0.4, 0.5) is 0 Å². The van der Waals surface area contributed by atoms with E-state index in [9.17, 15) is 9.59 Å². The van der Waals surface area contributed by atoms with Gasteiger partial charge in [0.2, 0.25) is 0 Å². The fraction of sp³-hybridized carbons (Fsp3) is 0.600. The molecule has 0 bridgehead atoms. The van der Waals surface area contributed by atoms with Gasteiger partial charge >= 0.3 is 11.9 Å². The van der Waals surface area contributed by atoms with Crippen LogP contribution in [0.25, 0.3) is 0 Å². The van der Waals surface area contributed by atoms with E-state index in [0.29, 0.717) is 38.5 Å². The van der Waals surface area contributed by atoms with Gasteiger partial charge in [-0.3, -0.25) is 9.59 Å². The maximum Gasteiger partial charge on any atom is 0.306 e. The van der Waals surface area contributed by atoms with E-state index >= 15 is 0 Å². The van der Waals surface area contributed by atoms with Gasteiger partial charge in [0, 0.05) is 38.5 Å². The molecule has 26 heavy (non-hydrogen) atoms. The Hall–Kier alpha value is -2.96. The summed E-state index contributed by atoms with van der Waals surface area (Å²) in [5, 5.41) is 16.7. The SMILES string of the molecule is N#CCCCC#CCOC(=O)CCCCC(=O)OCC#CCCCC#N. The van der Waals surface area contributed by atoms with Crippen LogP contribution in [-0.2, 0) is 19.1 Å². The van der Waals surface area contributed by atoms with Crippen molar-refractivity contribution in [3.8, 4) is 35.8 Å². The molecule has 0 unspecified atom stereocenters. The molecule has 0 spiro atoms. The highest BCUT2D eigenvalue weighted by atomic mass is 16.5. The highest BCUT2D eigenvalue weighted by Crippen LogP contribution is 2.03. The maximum absolute atomic E-state index is 11.5. The molecular weight excluding hydrogens is 332 g/mol. The largest absolute Gasteiger partial charge is 0.452 e. The summed E-state index contributed by atoms with van der Waals surface area (Å²) < 4.78 is 9.89. The average molecular weight is 356 g/mol. The van der Waals surface area contributed by atoms with Crippen molar-refractivity contribution >= 4 is 11.9 Å². The Morgan fingerprint density at radius 3 is 1.42 bits per heavy atom. The molecule has 0 heterocycles. The Kier molecular flexibility index (Phi) is 16.3. The van der Waals surface area contributed by atoms with Gasteiger partial charge in [0.15, 0.2) is 13.2 Å². The first kappa shape index (κ1) is 23.0. The third-order valence-corrected chi connectivity index (χ3v) is 3.05. The average Bonchev–Trinajstić information content (AvgIpc) is 2.64. The van der Waals surface area contributed by atoms with E-state index in [4.69, 9.17) is 20.0 Å². The number of hydrogen-bond acceptors (Lipinski definition) is 6. The molecule has 0 aromatic rings. The summed E-state index contributed by atoms with van der Waals surface area (Å²) >= 11 is 0. The number of nitrogens with zero attached hydrogens (tertiary/aromatic N) is 2. The molecule has 0 N–H and O–H groups in total. The van der Waals surface area contributed by atoms with Crippen LogP contribution in [0.2, 0.25) is 0 Å². The van der Waals surface area contributed by atoms with Crippen molar-refractivity contribution in [3.05, 3.63) is 0 Å². The van der Waals surface area contributed by atoms with Crippen LogP contribution in [0.15, 0.2) is 0 Å². The first-order valence-electron chi connectivity index (χ1n) is 8.67. The topological polar surface area (TPSA) is 100 Å². The molecule has 0 aliphatic carbocycles. The van der Waals surface area contributed by atoms with E-state index in [0.717, 1.165) is 12.8 Å². The normalized spacial score (nSPS) is 8.69. The summed E-state index contributed by atoms with van der Waals surface area (Å²) in [6.07, 6.45) is 5.21. The fourth-order valence-electron chi connectivity index (χ4n) is 1.71. The van der Waals surface area contributed by atoms with Gasteiger partial charge in [0.05, 0.1) is 12.1 Å². The number of ether oxygens (including phenoxy) is 2. The molecule has 0 aromatic heterocycles. The van der Waals surface area contributed by atoms with Crippen molar-refractivity contribution in [2.75, 3.05) is 13.2 Å². The maximum atomic E-state index is 11.5. The zero-order valence-electron chi connectivity index (χ0n) is 15.0. The monoisotopic (exact) mass is 356 g/mol. The molecule has 6 heteroatoms. The highest BCUT2D eigenvalue weighted by Gasteiger charge is 2.05. The molecule has 0 aromatic carbocycles. The summed E-state index contributed by atoms with van der Waals surface area (Å²) in [5.41, 5.74) is 0. The predicted molar refractivity (Wildman–Crippen MR) is 94.9 cm³/mol. The number of carbonyl (C=O) groups is 2. The minimum atomic E-state index is -0.340. The smallest absolute Gasteiger partial charge is 0.306 e. The predicted octanol–water partition coefficient (Wildman–Crippen LogP) is 3.03. The minimum absolute atomic E-state index is 0.0560. The van der Waals surface area contributed by atoms with Crippen molar-refractivity contribution in [3.63, 3.8) is 0 Å². The second-order valence-corrected chi connectivity index (χ2v) is 5.26. The Bertz CT molecular complexity index is 565. The number of rotatable bonds is 11. The highest BCUT2D eigenvalue weighted by molar-refractivity contribution is 5.70. The lowest BCUT2D eigenvalue weighted by atomic mass is 10.2. The number of carbonyl (C=O) groups excluding carboxylic acids is 2. The van der Waals surface area contributed by atoms with Crippen molar-refractivity contribution in [1.29, 1.82) is 10.5 Å². The van der Waals surface area contributed by atoms with Gasteiger partial charge in [-0.15, -0.1) is 0 Å². The molecular formula is C20H24N2O4. The van der Waals surface area contributed by atoms with Crippen LogP contribution in [0.1, 0.15) is 64.2 Å². The van der Waals surface area contributed by atoms with Crippen LogP contribution in [0.5, 0.6) is 0 Å². The van der Waals surface area contributed by atoms with Crippen molar-refractivity contribution < 1.29 is 19.1 Å². The fourth-order valence-corrected chi connectivity index (χ4v) is 1.71. The lowest BCUT2D eigenvalue weighted by molar-refractivity contribution is -0.144. The molecule has 0 radical (unpaired) electrons. The van der Waals surface area contributed by atoms with Gasteiger partial charge in [0.25, 0.3) is 0 Å². The van der Waals surface area contributed by atoms with Crippen LogP contribution < -0.4 is 0 Å². The summed E-state index contributed by atoms with van der Waals surface area (Å²) in [6, 6.07) is 4.07. The van der Waals surface area contributed by atoms with E-state index < -0.39 is 0 Å². The molecule has 0 aliphatic rings. The second kappa shape index (κ2) is 18.4. The molecule has 6 nitrogen and oxygen atoms in total. The lowest BCUT2D eigenvalue weighted by Gasteiger charge is -2.02. The van der Waals surface area contributed by atoms with Crippen LogP contribution in [0, 0.1) is 46.3 Å². The Morgan fingerprint density at radius 2 is 1.04 bits per heavy atom. The van der Waals surface area contributed by atoms with Crippen molar-refractivity contribution in [2.45, 2.75) is 64.2 Å². The van der Waals surface area contributed by atoms with E-state index in [-0.39, 0.29) is 38.0 Å². The molecule has 0 saturated heterocycles.